The molecule has 176 valence electrons. The number of hydrogen-bond donors (Lipinski definition) is 7. The van der Waals surface area contributed by atoms with E-state index in [-0.39, 0.29) is 40.2 Å². The summed E-state index contributed by atoms with van der Waals surface area (Å²) >= 11 is 5.72. The van der Waals surface area contributed by atoms with Crippen molar-refractivity contribution in [2.45, 2.75) is 28.7 Å². The number of fused-ring (bicyclic) bond motifs is 1. The average molecular weight is 509 g/mol. The van der Waals surface area contributed by atoms with Gasteiger partial charge in [-0.1, -0.05) is 17.7 Å². The van der Waals surface area contributed by atoms with Gasteiger partial charge in [-0.25, -0.2) is 22.0 Å². The number of anilines is 1. The number of primary sulfonamides is 1. The summed E-state index contributed by atoms with van der Waals surface area (Å²) in [4.78, 5) is 10.1. The number of phenols is 2. The normalized spacial score (nSPS) is 16.5. The average Bonchev–Trinajstić information content (AvgIpc) is 2.63. The molecule has 0 unspecified atom stereocenters. The molecule has 1 aliphatic rings. The van der Waals surface area contributed by atoms with Gasteiger partial charge in [0.1, 0.15) is 15.3 Å². The van der Waals surface area contributed by atoms with E-state index in [0.717, 1.165) is 6.07 Å². The van der Waals surface area contributed by atoms with E-state index in [0.29, 0.717) is 5.56 Å². The Kier molecular flexibility index (Phi) is 7.28. The molecule has 2 aromatic rings. The molecule has 32 heavy (non-hydrogen) atoms. The van der Waals surface area contributed by atoms with Gasteiger partial charge in [-0.05, 0) is 36.8 Å². The van der Waals surface area contributed by atoms with Gasteiger partial charge in [0, 0.05) is 6.42 Å². The van der Waals surface area contributed by atoms with Gasteiger partial charge in [0.05, 0.1) is 17.4 Å². The van der Waals surface area contributed by atoms with Crippen molar-refractivity contribution in [1.29, 1.82) is 0 Å². The summed E-state index contributed by atoms with van der Waals surface area (Å²) in [6.07, 6.45) is 0.0795. The Morgan fingerprint density at radius 3 is 2.38 bits per heavy atom. The van der Waals surface area contributed by atoms with Gasteiger partial charge in [-0.3, -0.25) is 4.79 Å². The van der Waals surface area contributed by atoms with Gasteiger partial charge >= 0.3 is 5.97 Å². The Morgan fingerprint density at radius 2 is 1.84 bits per heavy atom. The van der Waals surface area contributed by atoms with Crippen molar-refractivity contribution in [1.82, 2.24) is 4.72 Å². The highest BCUT2D eigenvalue weighted by atomic mass is 35.5. The summed E-state index contributed by atoms with van der Waals surface area (Å²) in [5, 5.41) is 34.6. The predicted molar refractivity (Wildman–Crippen MR) is 115 cm³/mol. The van der Waals surface area contributed by atoms with E-state index in [4.69, 9.17) is 32.7 Å². The number of rotatable bonds is 4. The number of nitrogens with one attached hydrogen (secondary N) is 2. The smallest absolute Gasteiger partial charge is 0.323 e. The molecule has 0 radical (unpaired) electrons. The van der Waals surface area contributed by atoms with Crippen LogP contribution < -0.4 is 20.9 Å². The Balaban J connectivity index is 0.000000229. The summed E-state index contributed by atoms with van der Waals surface area (Å²) in [5.74, 6) is -1.64. The van der Waals surface area contributed by atoms with Gasteiger partial charge in [0.25, 0.3) is 0 Å². The van der Waals surface area contributed by atoms with Gasteiger partial charge in [-0.2, -0.15) is 4.72 Å². The monoisotopic (exact) mass is 508 g/mol. The number of carbonyl (C=O) groups is 1. The van der Waals surface area contributed by atoms with E-state index < -0.39 is 36.5 Å². The van der Waals surface area contributed by atoms with E-state index in [1.165, 1.54) is 31.2 Å². The van der Waals surface area contributed by atoms with Crippen LogP contribution in [0.1, 0.15) is 12.5 Å². The largest absolute Gasteiger partial charge is 0.504 e. The molecule has 1 aliphatic heterocycles. The molecule has 12 nitrogen and oxygen atoms in total. The van der Waals surface area contributed by atoms with Crippen LogP contribution in [0.4, 0.5) is 5.69 Å². The van der Waals surface area contributed by atoms with Crippen LogP contribution >= 0.6 is 11.6 Å². The van der Waals surface area contributed by atoms with E-state index in [9.17, 15) is 26.7 Å². The SMILES string of the molecule is C[C@](N)(Cc1ccc(O)c(O)c1)C(=O)O.NS(=O)(=O)c1cc2c(cc1Cl)NCNS2(=O)=O. The number of halogens is 1. The minimum atomic E-state index is -4.07. The third-order valence-electron chi connectivity index (χ3n) is 4.27. The minimum Gasteiger partial charge on any atom is -0.504 e. The highest BCUT2D eigenvalue weighted by Crippen LogP contribution is 2.32. The number of carboxylic acids is 1. The third kappa shape index (κ3) is 5.99. The summed E-state index contributed by atoms with van der Waals surface area (Å²) in [6.45, 7) is 1.40. The zero-order valence-corrected chi connectivity index (χ0v) is 18.9. The Morgan fingerprint density at radius 1 is 1.22 bits per heavy atom. The maximum Gasteiger partial charge on any atom is 0.323 e. The molecule has 1 heterocycles. The van der Waals surface area contributed by atoms with Crippen LogP contribution in [0.2, 0.25) is 5.02 Å². The zero-order chi connectivity index (χ0) is 24.5. The van der Waals surface area contributed by atoms with Gasteiger partial charge in [0.2, 0.25) is 20.0 Å². The van der Waals surface area contributed by atoms with Gasteiger partial charge < -0.3 is 26.4 Å². The first-order valence-electron chi connectivity index (χ1n) is 8.67. The number of sulfonamides is 2. The number of carboxylic acid groups (broad SMARTS) is 1. The molecule has 15 heteroatoms. The lowest BCUT2D eigenvalue weighted by atomic mass is 9.94. The molecule has 0 fully saturated rings. The summed E-state index contributed by atoms with van der Waals surface area (Å²) in [5.41, 5.74) is 4.94. The molecule has 0 aliphatic carbocycles. The summed E-state index contributed by atoms with van der Waals surface area (Å²) in [7, 11) is -7.80. The number of hydrogen-bond acceptors (Lipinski definition) is 9. The highest BCUT2D eigenvalue weighted by Gasteiger charge is 2.28. The van der Waals surface area contributed by atoms with Crippen LogP contribution in [0.3, 0.4) is 0 Å². The van der Waals surface area contributed by atoms with Crippen LogP contribution in [0.5, 0.6) is 11.5 Å². The molecule has 0 bridgehead atoms. The molecular formula is C17H21ClN4O8S2. The number of nitrogens with two attached hydrogens (primary N) is 2. The molecule has 3 rings (SSSR count). The number of aliphatic carboxylic acids is 1. The second-order valence-electron chi connectivity index (χ2n) is 7.05. The van der Waals surface area contributed by atoms with E-state index >= 15 is 0 Å². The summed E-state index contributed by atoms with van der Waals surface area (Å²) < 4.78 is 47.9. The van der Waals surface area contributed by atoms with Crippen molar-refractivity contribution in [2.75, 3.05) is 12.0 Å². The molecule has 2 aromatic carbocycles. The summed E-state index contributed by atoms with van der Waals surface area (Å²) in [6, 6.07) is 6.26. The van der Waals surface area contributed by atoms with E-state index in [1.54, 1.807) is 0 Å². The number of benzene rings is 2. The molecule has 0 amide bonds. The van der Waals surface area contributed by atoms with Crippen molar-refractivity contribution >= 4 is 43.3 Å². The molecule has 0 aromatic heterocycles. The minimum absolute atomic E-state index is 0.0143. The third-order valence-corrected chi connectivity index (χ3v) is 7.09. The molecule has 1 atom stereocenters. The van der Waals surface area contributed by atoms with Gasteiger partial charge in [-0.15, -0.1) is 0 Å². The van der Waals surface area contributed by atoms with E-state index in [1.807, 2.05) is 0 Å². The van der Waals surface area contributed by atoms with Crippen LogP contribution in [0.15, 0.2) is 40.1 Å². The molecule has 0 saturated carbocycles. The lowest BCUT2D eigenvalue weighted by Gasteiger charge is -2.20. The first-order chi connectivity index (χ1) is 14.5. The molecular weight excluding hydrogens is 488 g/mol. The van der Waals surface area contributed by atoms with Crippen LogP contribution in [-0.4, -0.2) is 50.3 Å². The first-order valence-corrected chi connectivity index (χ1v) is 12.1. The fourth-order valence-corrected chi connectivity index (χ4v) is 4.88. The maximum absolute atomic E-state index is 11.6. The fourth-order valence-electron chi connectivity index (χ4n) is 2.60. The highest BCUT2D eigenvalue weighted by molar-refractivity contribution is 7.90. The molecule has 0 saturated heterocycles. The second-order valence-corrected chi connectivity index (χ2v) is 10.7. The second kappa shape index (κ2) is 9.09. The topological polar surface area (TPSA) is 222 Å². The van der Waals surface area contributed by atoms with Crippen molar-refractivity contribution in [3.05, 3.63) is 40.9 Å². The predicted octanol–water partition coefficient (Wildman–Crippen LogP) is 0.0910. The van der Waals surface area contributed by atoms with Crippen molar-refractivity contribution < 1.29 is 36.9 Å². The quantitative estimate of drug-likeness (QED) is 0.275. The zero-order valence-electron chi connectivity index (χ0n) is 16.5. The lowest BCUT2D eigenvalue weighted by molar-refractivity contribution is -0.142. The molecule has 0 spiro atoms. The van der Waals surface area contributed by atoms with Crippen molar-refractivity contribution in [3.8, 4) is 11.5 Å². The Labute approximate surface area is 188 Å². The van der Waals surface area contributed by atoms with Crippen molar-refractivity contribution in [3.63, 3.8) is 0 Å². The lowest BCUT2D eigenvalue weighted by Crippen LogP contribution is -2.46. The Hall–Kier alpha value is -2.62. The van der Waals surface area contributed by atoms with Gasteiger partial charge in [0.15, 0.2) is 11.5 Å². The van der Waals surface area contributed by atoms with Crippen LogP contribution in [0.25, 0.3) is 0 Å². The number of aromatic hydroxyl groups is 2. The molecule has 9 N–H and O–H groups in total. The van der Waals surface area contributed by atoms with Crippen LogP contribution in [0, 0.1) is 0 Å². The van der Waals surface area contributed by atoms with Crippen LogP contribution in [-0.2, 0) is 31.3 Å². The Bertz CT molecular complexity index is 1260. The number of phenolic OH excluding ortho intramolecular Hbond substituents is 2. The van der Waals surface area contributed by atoms with Crippen molar-refractivity contribution in [2.24, 2.45) is 10.9 Å². The fraction of sp³-hybridized carbons (Fsp3) is 0.235. The first kappa shape index (κ1) is 25.6. The standard InChI is InChI=1S/C10H13NO4.C7H8ClN3O4S2/c1-10(11,9(14)15)5-6-2-3-7(12)8(13)4-6;8-4-1-5-7(2-6(4)16(9,12)13)17(14,15)11-3-10-5/h2-4,12-13H,5,11H2,1H3,(H,14,15);1-2,10-11H,3H2,(H2,9,12,13)/t10-;/m0./s1. The maximum atomic E-state index is 11.6. The van der Waals surface area contributed by atoms with E-state index in [2.05, 4.69) is 10.0 Å².